The number of nitro groups is 1. The Kier molecular flexibility index (Phi) is 5.96. The first-order chi connectivity index (χ1) is 14.6. The number of para-hydroxylation sites is 1. The highest BCUT2D eigenvalue weighted by Gasteiger charge is 2.29. The van der Waals surface area contributed by atoms with E-state index in [1.165, 1.54) is 17.0 Å². The lowest BCUT2D eigenvalue weighted by Gasteiger charge is -2.35. The summed E-state index contributed by atoms with van der Waals surface area (Å²) in [5, 5.41) is 20.6. The molecule has 2 aliphatic heterocycles. The van der Waals surface area contributed by atoms with Crippen molar-refractivity contribution in [1.29, 1.82) is 0 Å². The number of non-ortho nitro benzene ring substituents is 1. The Bertz CT molecular complexity index is 940. The van der Waals surface area contributed by atoms with Crippen LogP contribution in [0.1, 0.15) is 22.3 Å². The fourth-order valence-electron chi connectivity index (χ4n) is 4.45. The van der Waals surface area contributed by atoms with E-state index in [1.54, 1.807) is 11.0 Å². The maximum absolute atomic E-state index is 13.6. The van der Waals surface area contributed by atoms with Gasteiger partial charge in [0.1, 0.15) is 6.54 Å². The van der Waals surface area contributed by atoms with Crippen molar-refractivity contribution in [2.45, 2.75) is 12.8 Å². The summed E-state index contributed by atoms with van der Waals surface area (Å²) >= 11 is 0. The Hall–Kier alpha value is -2.97. The summed E-state index contributed by atoms with van der Waals surface area (Å²) in [6, 6.07) is 12.5. The monoisotopic (exact) mass is 411 g/mol. The molecule has 0 unspecified atom stereocenters. The molecule has 2 aliphatic rings. The van der Waals surface area contributed by atoms with Gasteiger partial charge >= 0.3 is 0 Å². The molecule has 0 atom stereocenters. The number of aryl methyl sites for hydroxylation is 1. The molecule has 0 aliphatic carbocycles. The van der Waals surface area contributed by atoms with Crippen LogP contribution in [0.25, 0.3) is 0 Å². The molecule has 158 valence electrons. The standard InChI is InChI=1S/C22H26N4O4/c27-15-14-23-10-12-24(13-11-23)21-8-7-18(26(29)30)16-19(21)22(28)25-9-3-5-17-4-1-2-6-20(17)25/h1-2,4,6-8,16,27H,3,5,9-15H2/p+1. The van der Waals surface area contributed by atoms with Gasteiger partial charge in [0.15, 0.2) is 0 Å². The van der Waals surface area contributed by atoms with E-state index in [0.29, 0.717) is 18.7 Å². The van der Waals surface area contributed by atoms with Crippen LogP contribution in [0.3, 0.4) is 0 Å². The Morgan fingerprint density at radius 3 is 2.60 bits per heavy atom. The number of aliphatic hydroxyl groups excluding tert-OH is 1. The number of fused-ring (bicyclic) bond motifs is 1. The summed E-state index contributed by atoms with van der Waals surface area (Å²) in [6.07, 6.45) is 1.80. The number of hydrogen-bond donors (Lipinski definition) is 2. The molecular formula is C22H27N4O4+. The zero-order chi connectivity index (χ0) is 21.1. The predicted molar refractivity (Wildman–Crippen MR) is 114 cm³/mol. The molecule has 0 saturated carbocycles. The number of carbonyl (C=O) groups excluding carboxylic acids is 1. The second-order valence-corrected chi connectivity index (χ2v) is 7.86. The molecule has 8 nitrogen and oxygen atoms in total. The van der Waals surface area contributed by atoms with Crippen molar-refractivity contribution in [3.8, 4) is 0 Å². The number of benzene rings is 2. The van der Waals surface area contributed by atoms with Gasteiger partial charge in [-0.1, -0.05) is 18.2 Å². The summed E-state index contributed by atoms with van der Waals surface area (Å²) in [7, 11) is 0. The topological polar surface area (TPSA) is 91.4 Å². The fraction of sp³-hybridized carbons (Fsp3) is 0.409. The molecular weight excluding hydrogens is 384 g/mol. The van der Waals surface area contributed by atoms with Crippen LogP contribution in [0.5, 0.6) is 0 Å². The number of aliphatic hydroxyl groups is 1. The number of piperazine rings is 1. The smallest absolute Gasteiger partial charge is 0.270 e. The van der Waals surface area contributed by atoms with E-state index >= 15 is 0 Å². The van der Waals surface area contributed by atoms with Crippen LogP contribution >= 0.6 is 0 Å². The molecule has 0 bridgehead atoms. The van der Waals surface area contributed by atoms with E-state index in [4.69, 9.17) is 0 Å². The van der Waals surface area contributed by atoms with Crippen molar-refractivity contribution in [3.63, 3.8) is 0 Å². The lowest BCUT2D eigenvalue weighted by atomic mass is 10.00. The SMILES string of the molecule is O=C(c1cc([N+](=O)[O-])ccc1N1CC[NH+](CCO)CC1)N1CCCc2ccccc21. The number of hydrogen-bond acceptors (Lipinski definition) is 5. The first-order valence-corrected chi connectivity index (χ1v) is 10.5. The van der Waals surface area contributed by atoms with Gasteiger partial charge in [-0.05, 0) is 30.5 Å². The normalized spacial score (nSPS) is 17.0. The van der Waals surface area contributed by atoms with E-state index in [0.717, 1.165) is 56.0 Å². The summed E-state index contributed by atoms with van der Waals surface area (Å²) in [5.41, 5.74) is 3.08. The number of anilines is 2. The molecule has 0 aromatic heterocycles. The summed E-state index contributed by atoms with van der Waals surface area (Å²) in [5.74, 6) is -0.189. The minimum Gasteiger partial charge on any atom is -0.391 e. The number of rotatable bonds is 5. The zero-order valence-corrected chi connectivity index (χ0v) is 16.9. The number of carbonyl (C=O) groups is 1. The predicted octanol–water partition coefficient (Wildman–Crippen LogP) is 0.885. The van der Waals surface area contributed by atoms with Crippen LogP contribution in [0.4, 0.5) is 17.1 Å². The van der Waals surface area contributed by atoms with E-state index in [2.05, 4.69) is 4.90 Å². The Balaban J connectivity index is 1.67. The van der Waals surface area contributed by atoms with Crippen LogP contribution in [-0.4, -0.2) is 61.8 Å². The van der Waals surface area contributed by atoms with Gasteiger partial charge in [0.05, 0.1) is 49.0 Å². The first-order valence-electron chi connectivity index (χ1n) is 10.5. The third-order valence-electron chi connectivity index (χ3n) is 6.05. The number of quaternary nitrogens is 1. The summed E-state index contributed by atoms with van der Waals surface area (Å²) in [6.45, 7) is 4.67. The molecule has 1 fully saturated rings. The van der Waals surface area contributed by atoms with Gasteiger partial charge in [0, 0.05) is 24.4 Å². The van der Waals surface area contributed by atoms with Crippen LogP contribution in [0, 0.1) is 10.1 Å². The van der Waals surface area contributed by atoms with Crippen molar-refractivity contribution in [2.24, 2.45) is 0 Å². The minimum absolute atomic E-state index is 0.0723. The number of nitrogens with one attached hydrogen (secondary N) is 1. The molecule has 1 saturated heterocycles. The number of amides is 1. The van der Waals surface area contributed by atoms with E-state index in [-0.39, 0.29) is 18.2 Å². The lowest BCUT2D eigenvalue weighted by molar-refractivity contribution is -0.900. The highest BCUT2D eigenvalue weighted by Crippen LogP contribution is 2.32. The van der Waals surface area contributed by atoms with Crippen LogP contribution in [-0.2, 0) is 6.42 Å². The van der Waals surface area contributed by atoms with Crippen molar-refractivity contribution in [3.05, 3.63) is 63.7 Å². The molecule has 2 aromatic rings. The highest BCUT2D eigenvalue weighted by atomic mass is 16.6. The van der Waals surface area contributed by atoms with Crippen molar-refractivity contribution >= 4 is 23.0 Å². The van der Waals surface area contributed by atoms with E-state index in [1.807, 2.05) is 24.3 Å². The average Bonchev–Trinajstić information content (AvgIpc) is 2.78. The Morgan fingerprint density at radius 1 is 1.10 bits per heavy atom. The Morgan fingerprint density at radius 2 is 1.87 bits per heavy atom. The third kappa shape index (κ3) is 4.01. The quantitative estimate of drug-likeness (QED) is 0.563. The minimum atomic E-state index is -0.450. The van der Waals surface area contributed by atoms with Gasteiger partial charge in [-0.25, -0.2) is 0 Å². The van der Waals surface area contributed by atoms with Crippen LogP contribution < -0.4 is 14.7 Å². The summed E-state index contributed by atoms with van der Waals surface area (Å²) < 4.78 is 0. The maximum atomic E-state index is 13.6. The first kappa shape index (κ1) is 20.3. The molecule has 4 rings (SSSR count). The van der Waals surface area contributed by atoms with Crippen LogP contribution in [0.2, 0.25) is 0 Å². The second kappa shape index (κ2) is 8.81. The number of nitro benzene ring substituents is 1. The third-order valence-corrected chi connectivity index (χ3v) is 6.05. The van der Waals surface area contributed by atoms with Gasteiger partial charge in [-0.15, -0.1) is 0 Å². The molecule has 2 heterocycles. The Labute approximate surface area is 175 Å². The van der Waals surface area contributed by atoms with Crippen LogP contribution in [0.15, 0.2) is 42.5 Å². The highest BCUT2D eigenvalue weighted by molar-refractivity contribution is 6.10. The van der Waals surface area contributed by atoms with Crippen molar-refractivity contribution < 1.29 is 19.7 Å². The average molecular weight is 411 g/mol. The van der Waals surface area contributed by atoms with E-state index < -0.39 is 4.92 Å². The molecule has 2 N–H and O–H groups in total. The summed E-state index contributed by atoms with van der Waals surface area (Å²) in [4.78, 5) is 29.8. The molecule has 1 amide bonds. The largest absolute Gasteiger partial charge is 0.391 e. The second-order valence-electron chi connectivity index (χ2n) is 7.86. The van der Waals surface area contributed by atoms with Gasteiger partial charge in [-0.3, -0.25) is 14.9 Å². The van der Waals surface area contributed by atoms with Gasteiger partial charge in [0.2, 0.25) is 0 Å². The molecule has 0 spiro atoms. The van der Waals surface area contributed by atoms with Gasteiger partial charge in [0.25, 0.3) is 11.6 Å². The number of nitrogens with zero attached hydrogens (tertiary/aromatic N) is 3. The van der Waals surface area contributed by atoms with Gasteiger partial charge in [-0.2, -0.15) is 0 Å². The molecule has 8 heteroatoms. The molecule has 2 aromatic carbocycles. The van der Waals surface area contributed by atoms with E-state index in [9.17, 15) is 20.0 Å². The lowest BCUT2D eigenvalue weighted by Crippen LogP contribution is -3.15. The molecule has 30 heavy (non-hydrogen) atoms. The van der Waals surface area contributed by atoms with Crippen molar-refractivity contribution in [1.82, 2.24) is 0 Å². The zero-order valence-electron chi connectivity index (χ0n) is 16.9. The maximum Gasteiger partial charge on any atom is 0.270 e. The van der Waals surface area contributed by atoms with Gasteiger partial charge < -0.3 is 19.8 Å². The molecule has 0 radical (unpaired) electrons. The van der Waals surface area contributed by atoms with Crippen molar-refractivity contribution in [2.75, 3.05) is 55.7 Å². The fourth-order valence-corrected chi connectivity index (χ4v) is 4.45.